The van der Waals surface area contributed by atoms with E-state index in [1.807, 2.05) is 24.3 Å². The molecule has 118 valence electrons. The van der Waals surface area contributed by atoms with Gasteiger partial charge in [0.2, 0.25) is 11.8 Å². The number of carbonyl (C=O) groups excluding carboxylic acids is 2. The normalized spacial score (nSPS) is 15.1. The SMILES string of the molecule is COc1ccc(C=CC(=O)N(CC(N)=O)C2CCCC2)cc1. The molecule has 5 nitrogen and oxygen atoms in total. The van der Waals surface area contributed by atoms with Crippen molar-refractivity contribution >= 4 is 17.9 Å². The topological polar surface area (TPSA) is 72.6 Å². The van der Waals surface area contributed by atoms with Gasteiger partial charge < -0.3 is 15.4 Å². The molecule has 0 radical (unpaired) electrons. The fourth-order valence-corrected chi connectivity index (χ4v) is 2.75. The molecule has 0 saturated heterocycles. The molecule has 0 bridgehead atoms. The molecule has 2 N–H and O–H groups in total. The molecule has 1 aliphatic carbocycles. The second-order valence-electron chi connectivity index (χ2n) is 5.48. The minimum atomic E-state index is -0.474. The number of carbonyl (C=O) groups is 2. The number of hydrogen-bond donors (Lipinski definition) is 1. The van der Waals surface area contributed by atoms with Gasteiger partial charge >= 0.3 is 0 Å². The summed E-state index contributed by atoms with van der Waals surface area (Å²) in [5, 5.41) is 0. The first kappa shape index (κ1) is 16.1. The van der Waals surface area contributed by atoms with Crippen molar-refractivity contribution in [2.24, 2.45) is 5.73 Å². The van der Waals surface area contributed by atoms with Gasteiger partial charge in [0.15, 0.2) is 0 Å². The minimum Gasteiger partial charge on any atom is -0.497 e. The Balaban J connectivity index is 2.05. The van der Waals surface area contributed by atoms with E-state index < -0.39 is 5.91 Å². The zero-order chi connectivity index (χ0) is 15.9. The number of ether oxygens (including phenoxy) is 1. The highest BCUT2D eigenvalue weighted by Crippen LogP contribution is 2.23. The summed E-state index contributed by atoms with van der Waals surface area (Å²) in [6.45, 7) is -0.0174. The smallest absolute Gasteiger partial charge is 0.247 e. The summed E-state index contributed by atoms with van der Waals surface area (Å²) in [6, 6.07) is 7.54. The van der Waals surface area contributed by atoms with Gasteiger partial charge in [0, 0.05) is 12.1 Å². The Labute approximate surface area is 130 Å². The van der Waals surface area contributed by atoms with Crippen LogP contribution in [-0.2, 0) is 9.59 Å². The largest absolute Gasteiger partial charge is 0.497 e. The number of primary amides is 1. The molecule has 0 atom stereocenters. The van der Waals surface area contributed by atoms with Gasteiger partial charge in [0.25, 0.3) is 0 Å². The van der Waals surface area contributed by atoms with Gasteiger partial charge in [-0.05, 0) is 36.6 Å². The number of nitrogens with zero attached hydrogens (tertiary/aromatic N) is 1. The van der Waals surface area contributed by atoms with Gasteiger partial charge in [-0.2, -0.15) is 0 Å². The molecule has 0 unspecified atom stereocenters. The summed E-state index contributed by atoms with van der Waals surface area (Å²) in [7, 11) is 1.61. The summed E-state index contributed by atoms with van der Waals surface area (Å²) >= 11 is 0. The van der Waals surface area contributed by atoms with E-state index in [1.165, 1.54) is 6.08 Å². The Morgan fingerprint density at radius 3 is 2.45 bits per heavy atom. The van der Waals surface area contributed by atoms with Gasteiger partial charge in [-0.25, -0.2) is 0 Å². The third kappa shape index (κ3) is 4.35. The van der Waals surface area contributed by atoms with E-state index >= 15 is 0 Å². The molecule has 1 saturated carbocycles. The van der Waals surface area contributed by atoms with Crippen LogP contribution in [0, 0.1) is 0 Å². The van der Waals surface area contributed by atoms with Crippen LogP contribution < -0.4 is 10.5 Å². The van der Waals surface area contributed by atoms with E-state index in [0.29, 0.717) is 0 Å². The van der Waals surface area contributed by atoms with E-state index in [2.05, 4.69) is 0 Å². The molecule has 2 rings (SSSR count). The highest BCUT2D eigenvalue weighted by molar-refractivity contribution is 5.94. The van der Waals surface area contributed by atoms with Crippen LogP contribution in [0.15, 0.2) is 30.3 Å². The van der Waals surface area contributed by atoms with Crippen molar-refractivity contribution in [3.05, 3.63) is 35.9 Å². The average molecular weight is 302 g/mol. The summed E-state index contributed by atoms with van der Waals surface area (Å²) in [4.78, 5) is 25.2. The van der Waals surface area contributed by atoms with E-state index in [0.717, 1.165) is 37.0 Å². The first-order valence-electron chi connectivity index (χ1n) is 7.51. The molecule has 1 aliphatic rings. The molecular formula is C17H22N2O3. The van der Waals surface area contributed by atoms with Crippen LogP contribution in [0.1, 0.15) is 31.2 Å². The van der Waals surface area contributed by atoms with Crippen molar-refractivity contribution < 1.29 is 14.3 Å². The van der Waals surface area contributed by atoms with Crippen molar-refractivity contribution in [2.45, 2.75) is 31.7 Å². The summed E-state index contributed by atoms with van der Waals surface area (Å²) in [6.07, 6.45) is 7.31. The maximum atomic E-state index is 12.4. The predicted molar refractivity (Wildman–Crippen MR) is 85.2 cm³/mol. The molecule has 1 aromatic carbocycles. The lowest BCUT2D eigenvalue weighted by atomic mass is 10.1. The maximum Gasteiger partial charge on any atom is 0.247 e. The zero-order valence-electron chi connectivity index (χ0n) is 12.8. The molecule has 0 aliphatic heterocycles. The zero-order valence-corrected chi connectivity index (χ0v) is 12.8. The highest BCUT2D eigenvalue weighted by Gasteiger charge is 2.26. The lowest BCUT2D eigenvalue weighted by Crippen LogP contribution is -2.43. The van der Waals surface area contributed by atoms with Crippen molar-refractivity contribution in [3.63, 3.8) is 0 Å². The summed E-state index contributed by atoms with van der Waals surface area (Å²) in [5.74, 6) is 0.129. The van der Waals surface area contributed by atoms with Crippen molar-refractivity contribution in [3.8, 4) is 5.75 Å². The summed E-state index contributed by atoms with van der Waals surface area (Å²) in [5.41, 5.74) is 6.17. The molecule has 0 spiro atoms. The van der Waals surface area contributed by atoms with Gasteiger partial charge in [-0.15, -0.1) is 0 Å². The maximum absolute atomic E-state index is 12.4. The molecule has 2 amide bonds. The average Bonchev–Trinajstić information content (AvgIpc) is 3.04. The Bertz CT molecular complexity index is 546. The quantitative estimate of drug-likeness (QED) is 0.816. The number of rotatable bonds is 6. The third-order valence-corrected chi connectivity index (χ3v) is 3.91. The molecule has 1 fully saturated rings. The molecule has 5 heteroatoms. The van der Waals surface area contributed by atoms with Gasteiger partial charge in [0.05, 0.1) is 13.7 Å². The Morgan fingerprint density at radius 2 is 1.91 bits per heavy atom. The number of amides is 2. The molecule has 0 heterocycles. The number of methoxy groups -OCH3 is 1. The van der Waals surface area contributed by atoms with Crippen LogP contribution in [0.2, 0.25) is 0 Å². The minimum absolute atomic E-state index is 0.0174. The Hall–Kier alpha value is -2.30. The van der Waals surface area contributed by atoms with Crippen LogP contribution in [0.25, 0.3) is 6.08 Å². The Morgan fingerprint density at radius 1 is 1.27 bits per heavy atom. The van der Waals surface area contributed by atoms with E-state index in [-0.39, 0.29) is 18.5 Å². The lowest BCUT2D eigenvalue weighted by Gasteiger charge is -2.26. The van der Waals surface area contributed by atoms with Crippen LogP contribution in [0.4, 0.5) is 0 Å². The Kier molecular flexibility index (Phi) is 5.58. The van der Waals surface area contributed by atoms with Crippen LogP contribution in [0.5, 0.6) is 5.75 Å². The number of nitrogens with two attached hydrogens (primary N) is 1. The molecule has 1 aromatic rings. The second-order valence-corrected chi connectivity index (χ2v) is 5.48. The molecular weight excluding hydrogens is 280 g/mol. The van der Waals surface area contributed by atoms with Gasteiger partial charge in [-0.3, -0.25) is 9.59 Å². The predicted octanol–water partition coefficient (Wildman–Crippen LogP) is 1.96. The third-order valence-electron chi connectivity index (χ3n) is 3.91. The van der Waals surface area contributed by atoms with E-state index in [4.69, 9.17) is 10.5 Å². The second kappa shape index (κ2) is 7.64. The first-order valence-corrected chi connectivity index (χ1v) is 7.51. The highest BCUT2D eigenvalue weighted by atomic mass is 16.5. The standard InChI is InChI=1S/C17H22N2O3/c1-22-15-9-6-13(7-10-15)8-11-17(21)19(12-16(18)20)14-4-2-3-5-14/h6-11,14H,2-5,12H2,1H3,(H2,18,20). The monoisotopic (exact) mass is 302 g/mol. The van der Waals surface area contributed by atoms with Crippen LogP contribution in [0.3, 0.4) is 0 Å². The van der Waals surface area contributed by atoms with Gasteiger partial charge in [0.1, 0.15) is 5.75 Å². The van der Waals surface area contributed by atoms with Crippen LogP contribution >= 0.6 is 0 Å². The number of benzene rings is 1. The van der Waals surface area contributed by atoms with Crippen LogP contribution in [-0.4, -0.2) is 36.4 Å². The van der Waals surface area contributed by atoms with E-state index in [1.54, 1.807) is 18.1 Å². The fourth-order valence-electron chi connectivity index (χ4n) is 2.75. The van der Waals surface area contributed by atoms with Crippen molar-refractivity contribution in [1.82, 2.24) is 4.90 Å². The van der Waals surface area contributed by atoms with Crippen molar-refractivity contribution in [2.75, 3.05) is 13.7 Å². The first-order chi connectivity index (χ1) is 10.6. The number of hydrogen-bond acceptors (Lipinski definition) is 3. The van der Waals surface area contributed by atoms with Gasteiger partial charge in [-0.1, -0.05) is 25.0 Å². The molecule has 0 aromatic heterocycles. The molecule has 22 heavy (non-hydrogen) atoms. The lowest BCUT2D eigenvalue weighted by molar-refractivity contribution is -0.133. The fraction of sp³-hybridized carbons (Fsp3) is 0.412. The summed E-state index contributed by atoms with van der Waals surface area (Å²) < 4.78 is 5.09. The van der Waals surface area contributed by atoms with Crippen molar-refractivity contribution in [1.29, 1.82) is 0 Å². The van der Waals surface area contributed by atoms with E-state index in [9.17, 15) is 9.59 Å².